The Hall–Kier alpha value is -2.04. The minimum absolute atomic E-state index is 0.170. The van der Waals surface area contributed by atoms with Gasteiger partial charge < -0.3 is 14.5 Å². The summed E-state index contributed by atoms with van der Waals surface area (Å²) in [4.78, 5) is 13.2. The molecule has 3 rings (SSSR count). The molecule has 2 aromatic rings. The zero-order chi connectivity index (χ0) is 12.5. The normalized spacial score (nSPS) is 15.8. The lowest BCUT2D eigenvalue weighted by Gasteiger charge is -2.12. The van der Waals surface area contributed by atoms with Crippen LogP contribution in [0.25, 0.3) is 11.1 Å². The molecule has 0 spiro atoms. The van der Waals surface area contributed by atoms with E-state index < -0.39 is 0 Å². The minimum atomic E-state index is 0.170. The van der Waals surface area contributed by atoms with E-state index in [0.29, 0.717) is 36.4 Å². The van der Waals surface area contributed by atoms with Gasteiger partial charge in [-0.15, -0.1) is 4.73 Å². The summed E-state index contributed by atoms with van der Waals surface area (Å²) in [5, 5.41) is 11.9. The molecule has 0 radical (unpaired) electrons. The largest absolute Gasteiger partial charge is 0.616 e. The van der Waals surface area contributed by atoms with Gasteiger partial charge in [0.15, 0.2) is 0 Å². The van der Waals surface area contributed by atoms with Crippen LogP contribution in [0.15, 0.2) is 28.7 Å². The van der Waals surface area contributed by atoms with Crippen molar-refractivity contribution in [1.29, 1.82) is 0 Å². The van der Waals surface area contributed by atoms with E-state index in [1.165, 1.54) is 0 Å². The Labute approximate surface area is 104 Å². The highest BCUT2D eigenvalue weighted by Crippen LogP contribution is 2.15. The van der Waals surface area contributed by atoms with Gasteiger partial charge in [-0.05, 0) is 12.5 Å². The van der Waals surface area contributed by atoms with Crippen molar-refractivity contribution in [2.45, 2.75) is 19.3 Å². The van der Waals surface area contributed by atoms with E-state index in [-0.39, 0.29) is 5.91 Å². The van der Waals surface area contributed by atoms with Crippen LogP contribution in [0.3, 0.4) is 0 Å². The van der Waals surface area contributed by atoms with Gasteiger partial charge in [0.1, 0.15) is 0 Å². The van der Waals surface area contributed by atoms with Gasteiger partial charge in [0.25, 0.3) is 5.52 Å². The number of oxazole rings is 1. The molecule has 0 N–H and O–H groups in total. The summed E-state index contributed by atoms with van der Waals surface area (Å²) in [6, 6.07) is 7.14. The van der Waals surface area contributed by atoms with Crippen LogP contribution in [-0.2, 0) is 11.2 Å². The molecule has 1 aromatic heterocycles. The van der Waals surface area contributed by atoms with Crippen molar-refractivity contribution < 1.29 is 13.9 Å². The van der Waals surface area contributed by atoms with Crippen molar-refractivity contribution in [3.8, 4) is 0 Å². The summed E-state index contributed by atoms with van der Waals surface area (Å²) < 4.78 is 6.32. The molecule has 0 saturated carbocycles. The number of carbonyl (C=O) groups excluding carboxylic acids is 1. The minimum Gasteiger partial charge on any atom is -0.616 e. The number of nitrogens with zero attached hydrogens (tertiary/aromatic N) is 2. The number of benzene rings is 1. The molecule has 5 nitrogen and oxygen atoms in total. The molecule has 0 unspecified atom stereocenters. The van der Waals surface area contributed by atoms with Crippen LogP contribution < -0.4 is 4.73 Å². The molecule has 1 aliphatic heterocycles. The summed E-state index contributed by atoms with van der Waals surface area (Å²) in [5.74, 6) is 0.541. The zero-order valence-electron chi connectivity index (χ0n) is 9.96. The topological polar surface area (TPSA) is 60.4 Å². The van der Waals surface area contributed by atoms with Crippen molar-refractivity contribution in [3.05, 3.63) is 35.4 Å². The van der Waals surface area contributed by atoms with Crippen molar-refractivity contribution in [2.75, 3.05) is 13.1 Å². The van der Waals surface area contributed by atoms with Gasteiger partial charge in [0.2, 0.25) is 11.5 Å². The van der Waals surface area contributed by atoms with Gasteiger partial charge in [-0.1, -0.05) is 12.1 Å². The number of amides is 1. The van der Waals surface area contributed by atoms with Crippen LogP contribution in [0.5, 0.6) is 0 Å². The average Bonchev–Trinajstić information content (AvgIpc) is 2.92. The second kappa shape index (κ2) is 4.33. The number of hydrogen-bond donors (Lipinski definition) is 0. The van der Waals surface area contributed by atoms with E-state index in [1.807, 2.05) is 6.07 Å². The fourth-order valence-corrected chi connectivity index (χ4v) is 2.34. The van der Waals surface area contributed by atoms with Crippen LogP contribution in [0, 0.1) is 5.21 Å². The second-order valence-electron chi connectivity index (χ2n) is 4.49. The molecule has 1 fully saturated rings. The first-order chi connectivity index (χ1) is 8.75. The van der Waals surface area contributed by atoms with Crippen LogP contribution in [0.2, 0.25) is 0 Å². The van der Waals surface area contributed by atoms with Crippen molar-refractivity contribution in [1.82, 2.24) is 4.90 Å². The fourth-order valence-electron chi connectivity index (χ4n) is 2.34. The van der Waals surface area contributed by atoms with E-state index in [2.05, 4.69) is 0 Å². The SMILES string of the molecule is O=C1CCCN1CCc1oc2ccccc2[n+]1[O-]. The second-order valence-corrected chi connectivity index (χ2v) is 4.49. The predicted molar refractivity (Wildman–Crippen MR) is 64.7 cm³/mol. The van der Waals surface area contributed by atoms with Crippen LogP contribution in [0.1, 0.15) is 18.7 Å². The van der Waals surface area contributed by atoms with Gasteiger partial charge in [0.05, 0.1) is 6.42 Å². The number of fused-ring (bicyclic) bond motifs is 1. The number of carbonyl (C=O) groups is 1. The average molecular weight is 246 g/mol. The standard InChI is InChI=1S/C13H14N2O3/c16-12-6-3-8-14(12)9-7-13-15(17)10-4-1-2-5-11(10)18-13/h1-2,4-5H,3,6-9H2. The lowest BCUT2D eigenvalue weighted by atomic mass is 10.3. The number of rotatable bonds is 3. The summed E-state index contributed by atoms with van der Waals surface area (Å²) in [7, 11) is 0. The predicted octanol–water partition coefficient (Wildman–Crippen LogP) is 1.23. The Kier molecular flexibility index (Phi) is 2.66. The molecular weight excluding hydrogens is 232 g/mol. The molecule has 1 amide bonds. The summed E-state index contributed by atoms with van der Waals surface area (Å²) in [5.41, 5.74) is 1.13. The highest BCUT2D eigenvalue weighted by molar-refractivity contribution is 5.78. The summed E-state index contributed by atoms with van der Waals surface area (Å²) in [6.07, 6.45) is 2.00. The Morgan fingerprint density at radius 2 is 2.22 bits per heavy atom. The molecule has 2 heterocycles. The maximum absolute atomic E-state index is 11.9. The molecule has 94 valence electrons. The molecule has 0 bridgehead atoms. The Bertz CT molecular complexity index is 591. The first-order valence-electron chi connectivity index (χ1n) is 6.13. The fraction of sp³-hybridized carbons (Fsp3) is 0.385. The lowest BCUT2D eigenvalue weighted by Crippen LogP contribution is -2.33. The van der Waals surface area contributed by atoms with Gasteiger partial charge in [-0.25, -0.2) is 0 Å². The molecular formula is C13H14N2O3. The Morgan fingerprint density at radius 3 is 2.94 bits per heavy atom. The van der Waals surface area contributed by atoms with E-state index in [4.69, 9.17) is 4.42 Å². The van der Waals surface area contributed by atoms with Crippen molar-refractivity contribution in [2.24, 2.45) is 0 Å². The molecule has 1 aliphatic rings. The van der Waals surface area contributed by atoms with E-state index >= 15 is 0 Å². The Morgan fingerprint density at radius 1 is 1.39 bits per heavy atom. The molecule has 1 saturated heterocycles. The van der Waals surface area contributed by atoms with Crippen LogP contribution in [0.4, 0.5) is 0 Å². The smallest absolute Gasteiger partial charge is 0.361 e. The van der Waals surface area contributed by atoms with Gasteiger partial charge in [-0.2, -0.15) is 0 Å². The number of likely N-dealkylation sites (tertiary alicyclic amines) is 1. The molecule has 0 aliphatic carbocycles. The molecule has 0 atom stereocenters. The maximum Gasteiger partial charge on any atom is 0.361 e. The monoisotopic (exact) mass is 246 g/mol. The van der Waals surface area contributed by atoms with E-state index in [9.17, 15) is 10.0 Å². The number of aromatic nitrogens is 1. The number of hydrogen-bond acceptors (Lipinski definition) is 3. The quantitative estimate of drug-likeness (QED) is 0.604. The van der Waals surface area contributed by atoms with E-state index in [1.54, 1.807) is 23.1 Å². The first kappa shape index (κ1) is 11.1. The maximum atomic E-state index is 11.9. The highest BCUT2D eigenvalue weighted by atomic mass is 16.5. The van der Waals surface area contributed by atoms with Crippen molar-refractivity contribution in [3.63, 3.8) is 0 Å². The van der Waals surface area contributed by atoms with Crippen LogP contribution >= 0.6 is 0 Å². The third kappa shape index (κ3) is 1.81. The molecule has 5 heteroatoms. The van der Waals surface area contributed by atoms with Crippen LogP contribution in [-0.4, -0.2) is 23.9 Å². The lowest BCUT2D eigenvalue weighted by molar-refractivity contribution is -0.592. The van der Waals surface area contributed by atoms with E-state index in [0.717, 1.165) is 17.7 Å². The van der Waals surface area contributed by atoms with Gasteiger partial charge in [-0.3, -0.25) is 4.79 Å². The van der Waals surface area contributed by atoms with Gasteiger partial charge >= 0.3 is 5.89 Å². The molecule has 1 aromatic carbocycles. The molecule has 18 heavy (non-hydrogen) atoms. The first-order valence-corrected chi connectivity index (χ1v) is 6.13. The van der Waals surface area contributed by atoms with Crippen molar-refractivity contribution >= 4 is 17.0 Å². The van der Waals surface area contributed by atoms with Gasteiger partial charge in [0, 0.05) is 25.6 Å². The summed E-state index contributed by atoms with van der Waals surface area (Å²) >= 11 is 0. The Balaban J connectivity index is 1.78. The third-order valence-corrected chi connectivity index (χ3v) is 3.31. The number of para-hydroxylation sites is 2. The highest BCUT2D eigenvalue weighted by Gasteiger charge is 2.23. The summed E-state index contributed by atoms with van der Waals surface area (Å²) in [6.45, 7) is 1.35. The zero-order valence-corrected chi connectivity index (χ0v) is 9.96. The third-order valence-electron chi connectivity index (χ3n) is 3.31.